The number of hydrogen-bond acceptors (Lipinski definition) is 3. The van der Waals surface area contributed by atoms with E-state index in [0.717, 1.165) is 12.8 Å². The number of carbonyl (C=O) groups excluding carboxylic acids is 1. The fourth-order valence-corrected chi connectivity index (χ4v) is 2.44. The van der Waals surface area contributed by atoms with Crippen molar-refractivity contribution >= 4 is 5.97 Å². The number of phenols is 1. The van der Waals surface area contributed by atoms with E-state index in [-0.39, 0.29) is 11.7 Å². The zero-order valence-electron chi connectivity index (χ0n) is 17.3. The van der Waals surface area contributed by atoms with Gasteiger partial charge in [-0.15, -0.1) is 0 Å². The number of esters is 1. The van der Waals surface area contributed by atoms with Crippen LogP contribution in [0.5, 0.6) is 5.75 Å². The molecule has 3 nitrogen and oxygen atoms in total. The van der Waals surface area contributed by atoms with Gasteiger partial charge >= 0.3 is 5.97 Å². The number of aromatic hydroxyl groups is 1. The molecule has 1 aromatic rings. The van der Waals surface area contributed by atoms with Crippen LogP contribution in [0.2, 0.25) is 0 Å². The van der Waals surface area contributed by atoms with Crippen molar-refractivity contribution in [1.29, 1.82) is 0 Å². The third kappa shape index (κ3) is 14.8. The summed E-state index contributed by atoms with van der Waals surface area (Å²) in [6.07, 6.45) is 15.3. The number of carbonyl (C=O) groups is 1. The Morgan fingerprint density at radius 3 is 1.65 bits per heavy atom. The van der Waals surface area contributed by atoms with Crippen molar-refractivity contribution in [3.05, 3.63) is 29.8 Å². The maximum atomic E-state index is 11.7. The lowest BCUT2D eigenvalue weighted by molar-refractivity contribution is 0.0497. The molecule has 0 aliphatic heterocycles. The van der Waals surface area contributed by atoms with Gasteiger partial charge in [0.1, 0.15) is 5.75 Å². The Morgan fingerprint density at radius 1 is 0.731 bits per heavy atom. The second-order valence-corrected chi connectivity index (χ2v) is 6.86. The second-order valence-electron chi connectivity index (χ2n) is 6.86. The van der Waals surface area contributed by atoms with Crippen molar-refractivity contribution in [1.82, 2.24) is 0 Å². The van der Waals surface area contributed by atoms with E-state index in [4.69, 9.17) is 9.84 Å². The van der Waals surface area contributed by atoms with E-state index >= 15 is 0 Å². The Hall–Kier alpha value is -1.51. The van der Waals surface area contributed by atoms with Gasteiger partial charge in [-0.05, 0) is 30.7 Å². The Labute approximate surface area is 161 Å². The Morgan fingerprint density at radius 2 is 1.19 bits per heavy atom. The van der Waals surface area contributed by atoms with Gasteiger partial charge in [0, 0.05) is 0 Å². The van der Waals surface area contributed by atoms with Gasteiger partial charge in [0.15, 0.2) is 0 Å². The van der Waals surface area contributed by atoms with E-state index in [9.17, 15) is 4.79 Å². The fourth-order valence-electron chi connectivity index (χ4n) is 2.44. The summed E-state index contributed by atoms with van der Waals surface area (Å²) in [5.74, 6) is -0.151. The highest BCUT2D eigenvalue weighted by Crippen LogP contribution is 2.12. The van der Waals surface area contributed by atoms with E-state index in [1.165, 1.54) is 76.3 Å². The average molecular weight is 365 g/mol. The van der Waals surface area contributed by atoms with Crippen molar-refractivity contribution in [2.45, 2.75) is 97.8 Å². The molecule has 150 valence electrons. The number of ether oxygens (including phenoxy) is 1. The van der Waals surface area contributed by atoms with Gasteiger partial charge in [-0.3, -0.25) is 0 Å². The number of phenolic OH excluding ortho intramolecular Hbond substituents is 1. The quantitative estimate of drug-likeness (QED) is 0.295. The highest BCUT2D eigenvalue weighted by atomic mass is 16.5. The van der Waals surface area contributed by atoms with Crippen LogP contribution in [0.15, 0.2) is 24.3 Å². The lowest BCUT2D eigenvalue weighted by Crippen LogP contribution is -2.06. The van der Waals surface area contributed by atoms with Crippen LogP contribution in [-0.4, -0.2) is 17.7 Å². The van der Waals surface area contributed by atoms with Crippen molar-refractivity contribution in [2.75, 3.05) is 6.61 Å². The summed E-state index contributed by atoms with van der Waals surface area (Å²) in [6.45, 7) is 7.09. The first kappa shape index (κ1) is 24.5. The minimum atomic E-state index is -0.309. The molecule has 0 atom stereocenters. The lowest BCUT2D eigenvalue weighted by atomic mass is 10.1. The van der Waals surface area contributed by atoms with Crippen LogP contribution in [0.25, 0.3) is 0 Å². The predicted octanol–water partition coefficient (Wildman–Crippen LogP) is 7.28. The summed E-state index contributed by atoms with van der Waals surface area (Å²) in [4.78, 5) is 11.7. The molecule has 0 aromatic heterocycles. The third-order valence-corrected chi connectivity index (χ3v) is 4.33. The molecule has 0 fully saturated rings. The van der Waals surface area contributed by atoms with Gasteiger partial charge in [0.05, 0.1) is 12.2 Å². The maximum absolute atomic E-state index is 11.7. The van der Waals surface area contributed by atoms with Gasteiger partial charge in [0.25, 0.3) is 0 Å². The summed E-state index contributed by atoms with van der Waals surface area (Å²) < 4.78 is 5.22. The molecule has 0 saturated carbocycles. The van der Waals surface area contributed by atoms with E-state index in [1.54, 1.807) is 12.1 Å². The molecular weight excluding hydrogens is 324 g/mol. The van der Waals surface area contributed by atoms with Crippen LogP contribution < -0.4 is 0 Å². The van der Waals surface area contributed by atoms with Gasteiger partial charge in [0.2, 0.25) is 0 Å². The molecule has 0 radical (unpaired) electrons. The van der Waals surface area contributed by atoms with Crippen LogP contribution in [0.3, 0.4) is 0 Å². The summed E-state index contributed by atoms with van der Waals surface area (Å²) in [5, 5.41) is 9.16. The van der Waals surface area contributed by atoms with Crippen molar-refractivity contribution in [3.8, 4) is 5.75 Å². The van der Waals surface area contributed by atoms with Crippen LogP contribution in [0, 0.1) is 0 Å². The molecule has 0 saturated heterocycles. The van der Waals surface area contributed by atoms with Crippen LogP contribution in [0.4, 0.5) is 0 Å². The summed E-state index contributed by atoms with van der Waals surface area (Å²) in [5.41, 5.74) is 0.491. The van der Waals surface area contributed by atoms with E-state index < -0.39 is 0 Å². The van der Waals surface area contributed by atoms with Crippen LogP contribution >= 0.6 is 0 Å². The van der Waals surface area contributed by atoms with Gasteiger partial charge in [-0.25, -0.2) is 4.79 Å². The predicted molar refractivity (Wildman–Crippen MR) is 111 cm³/mol. The zero-order chi connectivity index (χ0) is 19.5. The Bertz CT molecular complexity index is 424. The largest absolute Gasteiger partial charge is 0.508 e. The van der Waals surface area contributed by atoms with Gasteiger partial charge in [-0.2, -0.15) is 0 Å². The molecule has 0 unspecified atom stereocenters. The second kappa shape index (κ2) is 18.3. The first-order valence-electron chi connectivity index (χ1n) is 10.6. The molecule has 26 heavy (non-hydrogen) atoms. The molecule has 0 spiro atoms. The monoisotopic (exact) mass is 364 g/mol. The standard InChI is InChI=1S/C19H30O3.C4H10/c1-2-3-4-5-6-7-8-9-10-11-16-22-19(21)17-12-14-18(20)15-13-17;1-3-4-2/h12-15,20H,2-11,16H2,1H3;3-4H2,1-2H3. The average Bonchev–Trinajstić information content (AvgIpc) is 2.66. The Balaban J connectivity index is 0.00000141. The molecule has 1 rings (SSSR count). The van der Waals surface area contributed by atoms with Crippen LogP contribution in [-0.2, 0) is 4.74 Å². The summed E-state index contributed by atoms with van der Waals surface area (Å²) in [7, 11) is 0. The normalized spacial score (nSPS) is 10.1. The molecule has 0 aliphatic rings. The minimum absolute atomic E-state index is 0.159. The molecule has 0 bridgehead atoms. The molecular formula is C23H40O3. The summed E-state index contributed by atoms with van der Waals surface area (Å²) in [6, 6.07) is 6.15. The number of hydrogen-bond donors (Lipinski definition) is 1. The number of benzene rings is 1. The van der Waals surface area contributed by atoms with Gasteiger partial charge in [-0.1, -0.05) is 91.4 Å². The number of unbranched alkanes of at least 4 members (excludes halogenated alkanes) is 10. The van der Waals surface area contributed by atoms with Crippen LogP contribution in [0.1, 0.15) is 108 Å². The smallest absolute Gasteiger partial charge is 0.338 e. The van der Waals surface area contributed by atoms with Crippen molar-refractivity contribution in [2.24, 2.45) is 0 Å². The SMILES string of the molecule is CCCC.CCCCCCCCCCCCOC(=O)c1ccc(O)cc1. The van der Waals surface area contributed by atoms with Gasteiger partial charge < -0.3 is 9.84 Å². The van der Waals surface area contributed by atoms with E-state index in [2.05, 4.69) is 20.8 Å². The Kier molecular flexibility index (Phi) is 17.2. The minimum Gasteiger partial charge on any atom is -0.508 e. The highest BCUT2D eigenvalue weighted by molar-refractivity contribution is 5.89. The van der Waals surface area contributed by atoms with E-state index in [0.29, 0.717) is 12.2 Å². The molecule has 0 amide bonds. The summed E-state index contributed by atoms with van der Waals surface area (Å²) >= 11 is 0. The van der Waals surface area contributed by atoms with Crippen molar-refractivity contribution in [3.63, 3.8) is 0 Å². The third-order valence-electron chi connectivity index (χ3n) is 4.33. The first-order chi connectivity index (χ1) is 12.7. The fraction of sp³-hybridized carbons (Fsp3) is 0.696. The molecule has 1 N–H and O–H groups in total. The lowest BCUT2D eigenvalue weighted by Gasteiger charge is -2.05. The number of rotatable bonds is 13. The molecule has 0 heterocycles. The highest BCUT2D eigenvalue weighted by Gasteiger charge is 2.06. The topological polar surface area (TPSA) is 46.5 Å². The van der Waals surface area contributed by atoms with Crippen molar-refractivity contribution < 1.29 is 14.6 Å². The molecule has 1 aromatic carbocycles. The first-order valence-corrected chi connectivity index (χ1v) is 10.6. The zero-order valence-corrected chi connectivity index (χ0v) is 17.3. The molecule has 0 aliphatic carbocycles. The van der Waals surface area contributed by atoms with E-state index in [1.807, 2.05) is 0 Å². The molecule has 3 heteroatoms. The maximum Gasteiger partial charge on any atom is 0.338 e.